The van der Waals surface area contributed by atoms with E-state index in [0.29, 0.717) is 6.42 Å². The number of rotatable bonds is 7. The molecule has 16 heavy (non-hydrogen) atoms. The van der Waals surface area contributed by atoms with Gasteiger partial charge in [0.05, 0.1) is 5.34 Å². The van der Waals surface area contributed by atoms with Crippen LogP contribution in [0.5, 0.6) is 0 Å². The Hall–Kier alpha value is -0.830. The average Bonchev–Trinajstić information content (AvgIpc) is 2.23. The topological polar surface area (TPSA) is 29.5 Å². The molecule has 9 heteroatoms. The number of hydrogen-bond acceptors (Lipinski definition) is 3. The van der Waals surface area contributed by atoms with Crippen molar-refractivity contribution in [2.75, 3.05) is 0 Å². The van der Waals surface area contributed by atoms with Crippen molar-refractivity contribution in [3.63, 3.8) is 0 Å². The Morgan fingerprint density at radius 2 is 1.81 bits per heavy atom. The maximum absolute atomic E-state index is 13.1. The van der Waals surface area contributed by atoms with Crippen LogP contribution >= 0.6 is 0 Å². The van der Waals surface area contributed by atoms with Crippen molar-refractivity contribution in [1.82, 2.24) is 5.34 Å². The molecule has 1 atom stereocenters. The molecular weight excluding hydrogens is 244 g/mol. The van der Waals surface area contributed by atoms with E-state index in [9.17, 15) is 31.5 Å². The standard InChI is InChI=1S/C7H9F6NO2/c1-2-3-4-5(15)6(8,14(11)12)7(9,10)16-13/h2-4H2,1H3/t6-/m1/s1. The summed E-state index contributed by atoms with van der Waals surface area (Å²) in [5.74, 6) is -7.27. The van der Waals surface area contributed by atoms with Crippen molar-refractivity contribution in [3.05, 3.63) is 0 Å². The zero-order valence-electron chi connectivity index (χ0n) is 8.15. The van der Waals surface area contributed by atoms with Crippen LogP contribution in [0.3, 0.4) is 0 Å². The molecule has 0 aliphatic carbocycles. The second-order valence-corrected chi connectivity index (χ2v) is 2.98. The summed E-state index contributed by atoms with van der Waals surface area (Å²) in [7, 11) is 0. The third-order valence-corrected chi connectivity index (χ3v) is 1.84. The van der Waals surface area contributed by atoms with Gasteiger partial charge < -0.3 is 0 Å². The van der Waals surface area contributed by atoms with Gasteiger partial charge in [0.25, 0.3) is 0 Å². The first kappa shape index (κ1) is 15.2. The molecule has 0 saturated carbocycles. The van der Waals surface area contributed by atoms with E-state index in [1.54, 1.807) is 0 Å². The van der Waals surface area contributed by atoms with Crippen LogP contribution in [0.2, 0.25) is 0 Å². The minimum absolute atomic E-state index is 0.0826. The normalized spacial score (nSPS) is 16.2. The summed E-state index contributed by atoms with van der Waals surface area (Å²) in [6.45, 7) is 1.53. The first-order valence-corrected chi connectivity index (χ1v) is 4.25. The van der Waals surface area contributed by atoms with E-state index in [1.807, 2.05) is 4.94 Å². The first-order valence-electron chi connectivity index (χ1n) is 4.25. The molecule has 0 unspecified atom stereocenters. The second kappa shape index (κ2) is 5.48. The van der Waals surface area contributed by atoms with E-state index in [0.717, 1.165) is 0 Å². The van der Waals surface area contributed by atoms with Gasteiger partial charge in [-0.05, 0) is 10.9 Å². The lowest BCUT2D eigenvalue weighted by Gasteiger charge is -2.27. The molecular formula is C7H9F6NO2. The maximum atomic E-state index is 13.1. The summed E-state index contributed by atoms with van der Waals surface area (Å²) < 4.78 is 73.2. The number of halogens is 6. The highest BCUT2D eigenvalue weighted by Gasteiger charge is 2.69. The minimum atomic E-state index is -5.57. The van der Waals surface area contributed by atoms with Gasteiger partial charge in [0, 0.05) is 6.42 Å². The first-order chi connectivity index (χ1) is 7.24. The molecule has 0 spiro atoms. The number of carbonyl (C=O) groups excluding carboxylic acids is 1. The number of carbonyl (C=O) groups is 1. The van der Waals surface area contributed by atoms with Gasteiger partial charge in [-0.2, -0.15) is 8.78 Å². The summed E-state index contributed by atoms with van der Waals surface area (Å²) in [6, 6.07) is 0. The van der Waals surface area contributed by atoms with Gasteiger partial charge in [0.1, 0.15) is 0 Å². The zero-order valence-corrected chi connectivity index (χ0v) is 8.15. The van der Waals surface area contributed by atoms with E-state index >= 15 is 0 Å². The van der Waals surface area contributed by atoms with Crippen molar-refractivity contribution in [3.8, 4) is 0 Å². The summed E-state index contributed by atoms with van der Waals surface area (Å²) in [5, 5.41) is -2.69. The van der Waals surface area contributed by atoms with Crippen LogP contribution in [0.4, 0.5) is 26.7 Å². The Balaban J connectivity index is 5.04. The molecule has 0 aliphatic rings. The van der Waals surface area contributed by atoms with Crippen molar-refractivity contribution < 1.29 is 36.4 Å². The van der Waals surface area contributed by atoms with Gasteiger partial charge in [-0.1, -0.05) is 22.3 Å². The molecule has 0 heterocycles. The monoisotopic (exact) mass is 253 g/mol. The number of unbranched alkanes of at least 4 members (excludes halogenated alkanes) is 1. The Labute approximate surface area is 86.7 Å². The fraction of sp³-hybridized carbons (Fsp3) is 0.857. The van der Waals surface area contributed by atoms with Crippen LogP contribution in [0.25, 0.3) is 0 Å². The molecule has 0 radical (unpaired) electrons. The summed E-state index contributed by atoms with van der Waals surface area (Å²) in [4.78, 5) is 12.7. The van der Waals surface area contributed by atoms with Crippen LogP contribution < -0.4 is 0 Å². The smallest absolute Gasteiger partial charge is 0.294 e. The van der Waals surface area contributed by atoms with Crippen molar-refractivity contribution in [1.29, 1.82) is 0 Å². The van der Waals surface area contributed by atoms with Gasteiger partial charge in [0.15, 0.2) is 5.78 Å². The Bertz CT molecular complexity index is 249. The SMILES string of the molecule is CCCCC(=O)[C@@](F)(N(F)F)C(F)(F)OF. The Kier molecular flexibility index (Phi) is 5.20. The molecule has 0 aromatic heterocycles. The predicted octanol–water partition coefficient (Wildman–Crippen LogP) is 2.98. The van der Waals surface area contributed by atoms with E-state index in [-0.39, 0.29) is 6.42 Å². The van der Waals surface area contributed by atoms with E-state index in [2.05, 4.69) is 0 Å². The lowest BCUT2D eigenvalue weighted by Crippen LogP contribution is -2.57. The molecule has 0 aliphatic heterocycles. The largest absolute Gasteiger partial charge is 0.445 e. The lowest BCUT2D eigenvalue weighted by atomic mass is 10.0. The van der Waals surface area contributed by atoms with Crippen molar-refractivity contribution >= 4 is 5.78 Å². The molecule has 0 aromatic carbocycles. The molecule has 0 saturated heterocycles. The lowest BCUT2D eigenvalue weighted by molar-refractivity contribution is -0.448. The number of hydrogen-bond donors (Lipinski definition) is 0. The van der Waals surface area contributed by atoms with E-state index in [4.69, 9.17) is 0 Å². The van der Waals surface area contributed by atoms with Crippen molar-refractivity contribution in [2.45, 2.75) is 38.1 Å². The number of alkyl halides is 3. The highest BCUT2D eigenvalue weighted by molar-refractivity contribution is 5.87. The number of Topliss-reactive ketones (excluding diaryl/α,β-unsaturated/α-hetero) is 1. The third-order valence-electron chi connectivity index (χ3n) is 1.84. The fourth-order valence-electron chi connectivity index (χ4n) is 0.909. The summed E-state index contributed by atoms with van der Waals surface area (Å²) >= 11 is 0. The van der Waals surface area contributed by atoms with Crippen LogP contribution in [0.1, 0.15) is 26.2 Å². The molecule has 3 nitrogen and oxygen atoms in total. The molecule has 0 aromatic rings. The molecule has 0 rings (SSSR count). The third kappa shape index (κ3) is 2.64. The Morgan fingerprint density at radius 1 is 1.31 bits per heavy atom. The number of ketones is 1. The fourth-order valence-corrected chi connectivity index (χ4v) is 0.909. The maximum Gasteiger partial charge on any atom is 0.445 e. The second-order valence-electron chi connectivity index (χ2n) is 2.98. The summed E-state index contributed by atoms with van der Waals surface area (Å²) in [5.41, 5.74) is 0. The van der Waals surface area contributed by atoms with Gasteiger partial charge in [-0.3, -0.25) is 4.79 Å². The van der Waals surface area contributed by atoms with E-state index < -0.39 is 29.4 Å². The van der Waals surface area contributed by atoms with Crippen LogP contribution in [-0.2, 0) is 9.74 Å². The predicted molar refractivity (Wildman–Crippen MR) is 39.6 cm³/mol. The summed E-state index contributed by atoms with van der Waals surface area (Å²) in [6.07, 6.45) is -6.24. The highest BCUT2D eigenvalue weighted by atomic mass is 19.4. The average molecular weight is 253 g/mol. The van der Waals surface area contributed by atoms with Crippen LogP contribution in [0.15, 0.2) is 0 Å². The van der Waals surface area contributed by atoms with Crippen LogP contribution in [0, 0.1) is 0 Å². The van der Waals surface area contributed by atoms with E-state index in [1.165, 1.54) is 6.92 Å². The molecule has 0 amide bonds. The molecule has 0 bridgehead atoms. The van der Waals surface area contributed by atoms with Crippen molar-refractivity contribution in [2.24, 2.45) is 0 Å². The van der Waals surface area contributed by atoms with Gasteiger partial charge in [-0.15, -0.1) is 4.94 Å². The zero-order chi connectivity index (χ0) is 13.0. The van der Waals surface area contributed by atoms with Gasteiger partial charge in [-0.25, -0.2) is 4.39 Å². The quantitative estimate of drug-likeness (QED) is 0.397. The molecule has 0 N–H and O–H groups in total. The molecule has 96 valence electrons. The molecule has 0 fully saturated rings. The van der Waals surface area contributed by atoms with Gasteiger partial charge >= 0.3 is 11.9 Å². The minimum Gasteiger partial charge on any atom is -0.294 e. The number of nitrogens with zero attached hydrogens (tertiary/aromatic N) is 1. The highest BCUT2D eigenvalue weighted by Crippen LogP contribution is 2.39. The van der Waals surface area contributed by atoms with Crippen LogP contribution in [-0.4, -0.2) is 23.0 Å². The Morgan fingerprint density at radius 3 is 2.12 bits per heavy atom. The van der Waals surface area contributed by atoms with Gasteiger partial charge in [0.2, 0.25) is 0 Å².